The topological polar surface area (TPSA) is 57.5 Å². The second-order valence-corrected chi connectivity index (χ2v) is 3.71. The third-order valence-electron chi connectivity index (χ3n) is 2.25. The Morgan fingerprint density at radius 1 is 1.53 bits per heavy atom. The molecule has 1 aromatic carbocycles. The number of carboxylic acids is 1. The molecular formula is C11H13FO3. The molecule has 15 heavy (non-hydrogen) atoms. The van der Waals surface area contributed by atoms with Crippen LogP contribution in [-0.4, -0.2) is 21.8 Å². The molecule has 0 heterocycles. The van der Waals surface area contributed by atoms with Crippen molar-refractivity contribution in [1.29, 1.82) is 0 Å². The van der Waals surface area contributed by atoms with Gasteiger partial charge in [-0.05, 0) is 37.5 Å². The number of carboxylic acid groups (broad SMARTS) is 1. The van der Waals surface area contributed by atoms with E-state index in [0.717, 1.165) is 0 Å². The summed E-state index contributed by atoms with van der Waals surface area (Å²) < 4.78 is 12.8. The maximum absolute atomic E-state index is 12.8. The van der Waals surface area contributed by atoms with Gasteiger partial charge in [0.15, 0.2) is 5.60 Å². The van der Waals surface area contributed by atoms with E-state index < -0.39 is 11.6 Å². The minimum atomic E-state index is -1.76. The number of rotatable bonds is 4. The quantitative estimate of drug-likeness (QED) is 0.796. The zero-order valence-electron chi connectivity index (χ0n) is 8.40. The average molecular weight is 212 g/mol. The van der Waals surface area contributed by atoms with E-state index in [0.29, 0.717) is 12.0 Å². The maximum atomic E-state index is 12.8. The number of aryl methyl sites for hydroxylation is 1. The lowest BCUT2D eigenvalue weighted by Gasteiger charge is -2.17. The highest BCUT2D eigenvalue weighted by Gasteiger charge is 2.29. The standard InChI is InChI=1S/C11H13FO3/c1-11(15,10(13)14)6-5-8-3-2-4-9(12)7-8/h2-4,7,15H,5-6H2,1H3,(H,13,14). The maximum Gasteiger partial charge on any atom is 0.335 e. The molecule has 0 bridgehead atoms. The van der Waals surface area contributed by atoms with Crippen molar-refractivity contribution in [2.45, 2.75) is 25.4 Å². The fourth-order valence-corrected chi connectivity index (χ4v) is 1.19. The first-order valence-electron chi connectivity index (χ1n) is 4.62. The molecule has 0 radical (unpaired) electrons. The van der Waals surface area contributed by atoms with Crippen LogP contribution in [0.3, 0.4) is 0 Å². The number of hydrogen-bond donors (Lipinski definition) is 2. The number of aliphatic hydroxyl groups is 1. The van der Waals surface area contributed by atoms with Gasteiger partial charge in [0.25, 0.3) is 0 Å². The van der Waals surface area contributed by atoms with E-state index in [-0.39, 0.29) is 12.2 Å². The molecular weight excluding hydrogens is 199 g/mol. The fourth-order valence-electron chi connectivity index (χ4n) is 1.19. The molecule has 4 heteroatoms. The Labute approximate surface area is 87.2 Å². The van der Waals surface area contributed by atoms with Gasteiger partial charge in [-0.2, -0.15) is 0 Å². The minimum Gasteiger partial charge on any atom is -0.479 e. The van der Waals surface area contributed by atoms with E-state index in [1.54, 1.807) is 12.1 Å². The summed E-state index contributed by atoms with van der Waals surface area (Å²) in [4.78, 5) is 10.6. The van der Waals surface area contributed by atoms with Gasteiger partial charge in [-0.3, -0.25) is 0 Å². The molecule has 0 aromatic heterocycles. The van der Waals surface area contributed by atoms with Crippen LogP contribution in [0.4, 0.5) is 4.39 Å². The molecule has 0 saturated carbocycles. The lowest BCUT2D eigenvalue weighted by atomic mass is 9.97. The van der Waals surface area contributed by atoms with Gasteiger partial charge in [-0.25, -0.2) is 9.18 Å². The summed E-state index contributed by atoms with van der Waals surface area (Å²) in [7, 11) is 0. The minimum absolute atomic E-state index is 0.0613. The van der Waals surface area contributed by atoms with Crippen molar-refractivity contribution in [3.05, 3.63) is 35.6 Å². The van der Waals surface area contributed by atoms with E-state index >= 15 is 0 Å². The number of benzene rings is 1. The SMILES string of the molecule is CC(O)(CCc1cccc(F)c1)C(=O)O. The van der Waals surface area contributed by atoms with Gasteiger partial charge >= 0.3 is 5.97 Å². The summed E-state index contributed by atoms with van der Waals surface area (Å²) in [6, 6.07) is 5.90. The highest BCUT2D eigenvalue weighted by Crippen LogP contribution is 2.14. The summed E-state index contributed by atoms with van der Waals surface area (Å²) in [5.74, 6) is -1.62. The third-order valence-corrected chi connectivity index (χ3v) is 2.25. The summed E-state index contributed by atoms with van der Waals surface area (Å²) in [6.45, 7) is 1.23. The molecule has 0 aliphatic carbocycles. The van der Waals surface area contributed by atoms with Gasteiger partial charge in [-0.1, -0.05) is 12.1 Å². The van der Waals surface area contributed by atoms with Gasteiger partial charge in [0.1, 0.15) is 5.82 Å². The Morgan fingerprint density at radius 3 is 2.73 bits per heavy atom. The largest absolute Gasteiger partial charge is 0.479 e. The second kappa shape index (κ2) is 4.40. The van der Waals surface area contributed by atoms with Crippen molar-refractivity contribution >= 4 is 5.97 Å². The van der Waals surface area contributed by atoms with E-state index in [4.69, 9.17) is 5.11 Å². The molecule has 0 aliphatic rings. The third kappa shape index (κ3) is 3.32. The zero-order valence-corrected chi connectivity index (χ0v) is 8.40. The number of hydrogen-bond acceptors (Lipinski definition) is 2. The molecule has 1 aromatic rings. The first-order chi connectivity index (χ1) is 6.92. The lowest BCUT2D eigenvalue weighted by molar-refractivity contribution is -0.157. The van der Waals surface area contributed by atoms with Crippen molar-refractivity contribution in [3.8, 4) is 0 Å². The highest BCUT2D eigenvalue weighted by molar-refractivity contribution is 5.76. The molecule has 3 nitrogen and oxygen atoms in total. The first-order valence-corrected chi connectivity index (χ1v) is 4.62. The molecule has 1 rings (SSSR count). The fraction of sp³-hybridized carbons (Fsp3) is 0.364. The van der Waals surface area contributed by atoms with Crippen molar-refractivity contribution in [3.63, 3.8) is 0 Å². The van der Waals surface area contributed by atoms with Crippen LogP contribution in [0, 0.1) is 5.82 Å². The van der Waals surface area contributed by atoms with Crippen LogP contribution >= 0.6 is 0 Å². The van der Waals surface area contributed by atoms with Crippen LogP contribution < -0.4 is 0 Å². The summed E-state index contributed by atoms with van der Waals surface area (Å²) >= 11 is 0. The molecule has 2 N–H and O–H groups in total. The molecule has 1 atom stereocenters. The normalized spacial score (nSPS) is 14.6. The Hall–Kier alpha value is -1.42. The van der Waals surface area contributed by atoms with E-state index in [1.807, 2.05) is 0 Å². The predicted molar refractivity (Wildman–Crippen MR) is 53.0 cm³/mol. The Morgan fingerprint density at radius 2 is 2.20 bits per heavy atom. The summed E-state index contributed by atoms with van der Waals surface area (Å²) in [6.07, 6.45) is 0.392. The van der Waals surface area contributed by atoms with E-state index in [2.05, 4.69) is 0 Å². The van der Waals surface area contributed by atoms with Crippen LogP contribution in [-0.2, 0) is 11.2 Å². The smallest absolute Gasteiger partial charge is 0.335 e. The molecule has 82 valence electrons. The average Bonchev–Trinajstić information content (AvgIpc) is 2.15. The van der Waals surface area contributed by atoms with Crippen LogP contribution in [0.25, 0.3) is 0 Å². The predicted octanol–water partition coefficient (Wildman–Crippen LogP) is 1.59. The zero-order chi connectivity index (χ0) is 11.5. The van der Waals surface area contributed by atoms with Crippen molar-refractivity contribution < 1.29 is 19.4 Å². The van der Waals surface area contributed by atoms with Crippen LogP contribution in [0.5, 0.6) is 0 Å². The Balaban J connectivity index is 2.61. The number of halogens is 1. The molecule has 1 unspecified atom stereocenters. The van der Waals surface area contributed by atoms with Gasteiger partial charge in [0, 0.05) is 0 Å². The van der Waals surface area contributed by atoms with Gasteiger partial charge in [0.05, 0.1) is 0 Å². The van der Waals surface area contributed by atoms with E-state index in [1.165, 1.54) is 19.1 Å². The molecule has 0 amide bonds. The molecule has 0 fully saturated rings. The Kier molecular flexibility index (Phi) is 3.42. The second-order valence-electron chi connectivity index (χ2n) is 3.71. The lowest BCUT2D eigenvalue weighted by Crippen LogP contribution is -2.35. The van der Waals surface area contributed by atoms with Gasteiger partial charge < -0.3 is 10.2 Å². The van der Waals surface area contributed by atoms with Crippen LogP contribution in [0.2, 0.25) is 0 Å². The summed E-state index contributed by atoms with van der Waals surface area (Å²) in [5.41, 5.74) is -1.08. The monoisotopic (exact) mass is 212 g/mol. The summed E-state index contributed by atoms with van der Waals surface area (Å²) in [5, 5.41) is 18.1. The molecule has 0 aliphatic heterocycles. The first kappa shape index (κ1) is 11.7. The van der Waals surface area contributed by atoms with Crippen LogP contribution in [0.15, 0.2) is 24.3 Å². The van der Waals surface area contributed by atoms with Gasteiger partial charge in [-0.15, -0.1) is 0 Å². The van der Waals surface area contributed by atoms with Crippen molar-refractivity contribution in [1.82, 2.24) is 0 Å². The van der Waals surface area contributed by atoms with Gasteiger partial charge in [0.2, 0.25) is 0 Å². The number of carbonyl (C=O) groups is 1. The number of aliphatic carboxylic acids is 1. The highest BCUT2D eigenvalue weighted by atomic mass is 19.1. The van der Waals surface area contributed by atoms with E-state index in [9.17, 15) is 14.3 Å². The van der Waals surface area contributed by atoms with Crippen molar-refractivity contribution in [2.75, 3.05) is 0 Å². The van der Waals surface area contributed by atoms with Crippen LogP contribution in [0.1, 0.15) is 18.9 Å². The molecule has 0 saturated heterocycles. The molecule has 0 spiro atoms. The van der Waals surface area contributed by atoms with Crippen molar-refractivity contribution in [2.24, 2.45) is 0 Å². The Bertz CT molecular complexity index is 361.